The number of halogens is 1. The lowest BCUT2D eigenvalue weighted by atomic mass is 10.0. The van der Waals surface area contributed by atoms with E-state index in [4.69, 9.17) is 0 Å². The molecule has 2 amide bonds. The van der Waals surface area contributed by atoms with Crippen LogP contribution in [-0.4, -0.2) is 34.6 Å². The summed E-state index contributed by atoms with van der Waals surface area (Å²) >= 11 is 4.97. The fraction of sp³-hybridized carbons (Fsp3) is 0.286. The van der Waals surface area contributed by atoms with Crippen LogP contribution in [0.3, 0.4) is 0 Å². The zero-order valence-electron chi connectivity index (χ0n) is 19.6. The first-order valence-corrected chi connectivity index (χ1v) is 13.3. The van der Waals surface area contributed by atoms with Crippen LogP contribution in [0.25, 0.3) is 0 Å². The maximum Gasteiger partial charge on any atom is 0.243 e. The monoisotopic (exact) mass is 538 g/mol. The molecule has 0 unspecified atom stereocenters. The van der Waals surface area contributed by atoms with E-state index in [1.807, 2.05) is 98.8 Å². The Hall–Kier alpha value is -2.57. The van der Waals surface area contributed by atoms with E-state index >= 15 is 0 Å². The summed E-state index contributed by atoms with van der Waals surface area (Å²) in [5.41, 5.74) is 2.01. The third-order valence-corrected chi connectivity index (χ3v) is 7.17. The van der Waals surface area contributed by atoms with E-state index in [1.165, 1.54) is 11.8 Å². The summed E-state index contributed by atoms with van der Waals surface area (Å²) in [5.74, 6) is 0.0907. The second kappa shape index (κ2) is 13.4. The fourth-order valence-corrected chi connectivity index (χ4v) is 4.60. The van der Waals surface area contributed by atoms with Crippen LogP contribution in [0, 0.1) is 0 Å². The first-order valence-electron chi connectivity index (χ1n) is 11.5. The standard InChI is InChI=1S/C28H31BrN2O2S/c1-3-21(2)30-28(33)26(18-22-10-6-4-7-11-22)31(19-23-14-16-24(29)17-15-23)27(32)20-34-25-12-8-5-9-13-25/h4-17,21,26H,3,18-20H2,1-2H3,(H,30,33)/t21-,26-/m1/s1. The molecule has 34 heavy (non-hydrogen) atoms. The zero-order chi connectivity index (χ0) is 24.3. The molecule has 2 atom stereocenters. The highest BCUT2D eigenvalue weighted by Crippen LogP contribution is 2.21. The third kappa shape index (κ3) is 8.03. The van der Waals surface area contributed by atoms with E-state index < -0.39 is 6.04 Å². The second-order valence-corrected chi connectivity index (χ2v) is 10.2. The number of thioether (sulfide) groups is 1. The van der Waals surface area contributed by atoms with Crippen LogP contribution in [0.1, 0.15) is 31.4 Å². The molecule has 178 valence electrons. The molecule has 0 saturated carbocycles. The zero-order valence-corrected chi connectivity index (χ0v) is 22.0. The molecule has 1 N–H and O–H groups in total. The van der Waals surface area contributed by atoms with E-state index in [9.17, 15) is 9.59 Å². The van der Waals surface area contributed by atoms with Crippen LogP contribution in [0.15, 0.2) is 94.3 Å². The molecule has 6 heteroatoms. The maximum atomic E-state index is 13.6. The Labute approximate surface area is 215 Å². The van der Waals surface area contributed by atoms with Crippen molar-refractivity contribution in [2.75, 3.05) is 5.75 Å². The largest absolute Gasteiger partial charge is 0.352 e. The average molecular weight is 540 g/mol. The number of amides is 2. The lowest BCUT2D eigenvalue weighted by Gasteiger charge is -2.32. The highest BCUT2D eigenvalue weighted by molar-refractivity contribution is 9.10. The van der Waals surface area contributed by atoms with Gasteiger partial charge < -0.3 is 10.2 Å². The van der Waals surface area contributed by atoms with E-state index in [2.05, 4.69) is 21.2 Å². The number of hydrogen-bond donors (Lipinski definition) is 1. The summed E-state index contributed by atoms with van der Waals surface area (Å²) in [6.07, 6.45) is 1.29. The molecular weight excluding hydrogens is 508 g/mol. The number of carbonyl (C=O) groups is 2. The molecule has 0 radical (unpaired) electrons. The van der Waals surface area contributed by atoms with E-state index in [-0.39, 0.29) is 23.6 Å². The van der Waals surface area contributed by atoms with Crippen molar-refractivity contribution < 1.29 is 9.59 Å². The molecule has 0 aromatic heterocycles. The van der Waals surface area contributed by atoms with Crippen LogP contribution in [-0.2, 0) is 22.6 Å². The SMILES string of the molecule is CC[C@@H](C)NC(=O)[C@@H](Cc1ccccc1)N(Cc1ccc(Br)cc1)C(=O)CSc1ccccc1. The molecule has 0 aliphatic heterocycles. The minimum absolute atomic E-state index is 0.0362. The molecule has 3 rings (SSSR count). The van der Waals surface area contributed by atoms with Gasteiger partial charge in [0.05, 0.1) is 5.75 Å². The van der Waals surface area contributed by atoms with Crippen LogP contribution >= 0.6 is 27.7 Å². The molecule has 4 nitrogen and oxygen atoms in total. The molecule has 3 aromatic carbocycles. The van der Waals surface area contributed by atoms with Crippen LogP contribution in [0.5, 0.6) is 0 Å². The van der Waals surface area contributed by atoms with Gasteiger partial charge in [-0.05, 0) is 48.7 Å². The molecule has 3 aromatic rings. The van der Waals surface area contributed by atoms with Gasteiger partial charge in [-0.1, -0.05) is 83.5 Å². The minimum Gasteiger partial charge on any atom is -0.352 e. The number of nitrogens with zero attached hydrogens (tertiary/aromatic N) is 1. The Morgan fingerprint density at radius 3 is 2.15 bits per heavy atom. The van der Waals surface area contributed by atoms with E-state index in [1.54, 1.807) is 4.90 Å². The molecule has 0 saturated heterocycles. The minimum atomic E-state index is -0.607. The molecule has 0 aliphatic carbocycles. The van der Waals surface area contributed by atoms with Gasteiger partial charge in [-0.2, -0.15) is 0 Å². The quantitative estimate of drug-likeness (QED) is 0.300. The summed E-state index contributed by atoms with van der Waals surface area (Å²) in [5, 5.41) is 3.11. The second-order valence-electron chi connectivity index (χ2n) is 8.27. The number of hydrogen-bond acceptors (Lipinski definition) is 3. The van der Waals surface area contributed by atoms with Crippen molar-refractivity contribution in [3.8, 4) is 0 Å². The number of benzene rings is 3. The number of nitrogens with one attached hydrogen (secondary N) is 1. The highest BCUT2D eigenvalue weighted by Gasteiger charge is 2.30. The van der Waals surface area contributed by atoms with Gasteiger partial charge in [0.25, 0.3) is 0 Å². The van der Waals surface area contributed by atoms with Gasteiger partial charge in [0.15, 0.2) is 0 Å². The summed E-state index contributed by atoms with van der Waals surface area (Å²) < 4.78 is 0.976. The van der Waals surface area contributed by atoms with Gasteiger partial charge in [-0.3, -0.25) is 9.59 Å². The fourth-order valence-electron chi connectivity index (χ4n) is 3.53. The molecule has 0 spiro atoms. The Morgan fingerprint density at radius 1 is 0.912 bits per heavy atom. The predicted molar refractivity (Wildman–Crippen MR) is 144 cm³/mol. The van der Waals surface area contributed by atoms with Gasteiger partial charge in [-0.15, -0.1) is 11.8 Å². The normalized spacial score (nSPS) is 12.6. The first-order chi connectivity index (χ1) is 16.5. The molecule has 0 heterocycles. The predicted octanol–water partition coefficient (Wildman–Crippen LogP) is 6.10. The summed E-state index contributed by atoms with van der Waals surface area (Å²) in [7, 11) is 0. The Bertz CT molecular complexity index is 1050. The first kappa shape index (κ1) is 26.0. The lowest BCUT2D eigenvalue weighted by Crippen LogP contribution is -2.52. The van der Waals surface area contributed by atoms with Crippen LogP contribution in [0.2, 0.25) is 0 Å². The molecular formula is C28H31BrN2O2S. The summed E-state index contributed by atoms with van der Waals surface area (Å²) in [6.45, 7) is 4.40. The van der Waals surface area contributed by atoms with Gasteiger partial charge in [0.2, 0.25) is 11.8 Å². The third-order valence-electron chi connectivity index (χ3n) is 5.64. The van der Waals surface area contributed by atoms with E-state index in [0.717, 1.165) is 26.9 Å². The van der Waals surface area contributed by atoms with Gasteiger partial charge in [0.1, 0.15) is 6.04 Å². The molecule has 0 aliphatic rings. The lowest BCUT2D eigenvalue weighted by molar-refractivity contribution is -0.139. The average Bonchev–Trinajstić information content (AvgIpc) is 2.87. The number of rotatable bonds is 11. The Kier molecular flexibility index (Phi) is 10.2. The Morgan fingerprint density at radius 2 is 1.53 bits per heavy atom. The topological polar surface area (TPSA) is 49.4 Å². The highest BCUT2D eigenvalue weighted by atomic mass is 79.9. The molecule has 0 bridgehead atoms. The molecule has 0 fully saturated rings. The van der Waals surface area contributed by atoms with Gasteiger partial charge in [0, 0.05) is 28.4 Å². The van der Waals surface area contributed by atoms with Crippen molar-refractivity contribution in [1.29, 1.82) is 0 Å². The van der Waals surface area contributed by atoms with E-state index in [0.29, 0.717) is 13.0 Å². The smallest absolute Gasteiger partial charge is 0.243 e. The summed E-state index contributed by atoms with van der Waals surface area (Å²) in [6, 6.07) is 27.1. The van der Waals surface area contributed by atoms with Gasteiger partial charge >= 0.3 is 0 Å². The maximum absolute atomic E-state index is 13.6. The number of carbonyl (C=O) groups excluding carboxylic acids is 2. The van der Waals surface area contributed by atoms with Crippen molar-refractivity contribution in [3.63, 3.8) is 0 Å². The van der Waals surface area contributed by atoms with Crippen molar-refractivity contribution in [2.24, 2.45) is 0 Å². The van der Waals surface area contributed by atoms with Crippen molar-refractivity contribution >= 4 is 39.5 Å². The van der Waals surface area contributed by atoms with Crippen LogP contribution in [0.4, 0.5) is 0 Å². The van der Waals surface area contributed by atoms with Crippen molar-refractivity contribution in [3.05, 3.63) is 101 Å². The van der Waals surface area contributed by atoms with Gasteiger partial charge in [-0.25, -0.2) is 0 Å². The van der Waals surface area contributed by atoms with Crippen LogP contribution < -0.4 is 5.32 Å². The van der Waals surface area contributed by atoms with Crippen molar-refractivity contribution in [1.82, 2.24) is 10.2 Å². The summed E-state index contributed by atoms with van der Waals surface area (Å²) in [4.78, 5) is 29.8. The van der Waals surface area contributed by atoms with Crippen molar-refractivity contribution in [2.45, 2.75) is 50.2 Å². The Balaban J connectivity index is 1.90.